The molecule has 2 heterocycles. The lowest BCUT2D eigenvalue weighted by Gasteiger charge is -2.08. The van der Waals surface area contributed by atoms with Crippen molar-refractivity contribution < 1.29 is 32.2 Å². The smallest absolute Gasteiger partial charge is 0.411 e. The van der Waals surface area contributed by atoms with E-state index in [-0.39, 0.29) is 18.0 Å². The molecule has 0 spiro atoms. The normalized spacial score (nSPS) is 11.5. The number of alkyl halides is 3. The first-order valence-electron chi connectivity index (χ1n) is 9.18. The number of ether oxygens (including phenoxy) is 2. The van der Waals surface area contributed by atoms with Gasteiger partial charge in [-0.25, -0.2) is 9.78 Å². The molecule has 1 aromatic carbocycles. The van der Waals surface area contributed by atoms with Crippen LogP contribution >= 0.6 is 11.3 Å². The topological polar surface area (TPSA) is 70.4 Å². The Labute approximate surface area is 180 Å². The highest BCUT2D eigenvalue weighted by molar-refractivity contribution is 7.12. The highest BCUT2D eigenvalue weighted by atomic mass is 32.1. The van der Waals surface area contributed by atoms with Gasteiger partial charge >= 0.3 is 12.1 Å². The average Bonchev–Trinajstić information content (AvgIpc) is 3.33. The number of aromatic nitrogens is 2. The summed E-state index contributed by atoms with van der Waals surface area (Å²) in [5, 5.41) is 2.58. The molecular weight excluding hydrogens is 433 g/mol. The molecule has 6 nitrogen and oxygen atoms in total. The van der Waals surface area contributed by atoms with Crippen molar-refractivity contribution in [3.8, 4) is 5.13 Å². The van der Waals surface area contributed by atoms with Gasteiger partial charge in [-0.3, -0.25) is 9.36 Å². The Bertz CT molecular complexity index is 1060. The molecule has 10 heteroatoms. The quantitative estimate of drug-likeness (QED) is 0.367. The van der Waals surface area contributed by atoms with Gasteiger partial charge in [0.1, 0.15) is 6.61 Å². The zero-order valence-electron chi connectivity index (χ0n) is 16.7. The minimum absolute atomic E-state index is 0.181. The number of hydrogen-bond donors (Lipinski definition) is 0. The summed E-state index contributed by atoms with van der Waals surface area (Å²) in [6.45, 7) is 1.64. The zero-order valence-corrected chi connectivity index (χ0v) is 17.5. The molecule has 2 aromatic heterocycles. The van der Waals surface area contributed by atoms with Crippen molar-refractivity contribution in [2.75, 3.05) is 13.2 Å². The van der Waals surface area contributed by atoms with Crippen LogP contribution in [0, 0.1) is 13.8 Å². The maximum Gasteiger partial charge on any atom is 0.411 e. The van der Waals surface area contributed by atoms with Crippen molar-refractivity contribution in [1.29, 1.82) is 0 Å². The first-order chi connectivity index (χ1) is 14.7. The van der Waals surface area contributed by atoms with Gasteiger partial charge in [0.15, 0.2) is 11.7 Å². The highest BCUT2D eigenvalue weighted by Crippen LogP contribution is 2.23. The number of carbonyl (C=O) groups is 2. The fourth-order valence-corrected chi connectivity index (χ4v) is 3.73. The molecule has 3 rings (SSSR count). The monoisotopic (exact) mass is 452 g/mol. The number of nitrogens with zero attached hydrogens (tertiary/aromatic N) is 2. The summed E-state index contributed by atoms with van der Waals surface area (Å²) in [4.78, 5) is 29.0. The van der Waals surface area contributed by atoms with E-state index in [4.69, 9.17) is 4.74 Å². The molecule has 0 aliphatic heterocycles. The number of esters is 1. The van der Waals surface area contributed by atoms with Gasteiger partial charge in [-0.15, -0.1) is 11.3 Å². The van der Waals surface area contributed by atoms with Crippen LogP contribution in [0.1, 0.15) is 37.7 Å². The molecule has 0 unspecified atom stereocenters. The number of hydrogen-bond acceptors (Lipinski definition) is 6. The van der Waals surface area contributed by atoms with Crippen molar-refractivity contribution in [3.05, 3.63) is 70.0 Å². The van der Waals surface area contributed by atoms with E-state index in [0.29, 0.717) is 16.8 Å². The second-order valence-electron chi connectivity index (χ2n) is 6.74. The van der Waals surface area contributed by atoms with E-state index in [9.17, 15) is 22.8 Å². The summed E-state index contributed by atoms with van der Waals surface area (Å²) in [6.07, 6.45) is -2.72. The maximum atomic E-state index is 12.6. The summed E-state index contributed by atoms with van der Waals surface area (Å²) in [5.41, 5.74) is 2.65. The lowest BCUT2D eigenvalue weighted by Crippen LogP contribution is -2.17. The molecule has 0 bridgehead atoms. The van der Waals surface area contributed by atoms with Crippen molar-refractivity contribution in [2.45, 2.75) is 26.6 Å². The van der Waals surface area contributed by atoms with Crippen molar-refractivity contribution in [2.24, 2.45) is 0 Å². The van der Waals surface area contributed by atoms with Gasteiger partial charge in [0.05, 0.1) is 12.2 Å². The Kier molecular flexibility index (Phi) is 6.91. The SMILES string of the molecule is Cc1cc(C(=O)COC(=O)c2ccc(COCC(F)(F)F)cc2)c(C)n1-c1nccs1. The Morgan fingerprint density at radius 2 is 1.87 bits per heavy atom. The Balaban J connectivity index is 1.57. The predicted octanol–water partition coefficient (Wildman–Crippen LogP) is 4.67. The van der Waals surface area contributed by atoms with Crippen LogP contribution in [-0.2, 0) is 16.1 Å². The van der Waals surface area contributed by atoms with Gasteiger partial charge in [-0.1, -0.05) is 12.1 Å². The highest BCUT2D eigenvalue weighted by Gasteiger charge is 2.27. The average molecular weight is 452 g/mol. The molecule has 0 saturated carbocycles. The van der Waals surface area contributed by atoms with E-state index in [1.165, 1.54) is 35.6 Å². The third kappa shape index (κ3) is 5.80. The van der Waals surface area contributed by atoms with Crippen LogP contribution in [0.2, 0.25) is 0 Å². The van der Waals surface area contributed by atoms with Crippen LogP contribution in [0.5, 0.6) is 0 Å². The molecule has 0 aliphatic carbocycles. The van der Waals surface area contributed by atoms with E-state index in [1.807, 2.05) is 16.9 Å². The minimum atomic E-state index is -4.39. The number of benzene rings is 1. The molecule has 0 atom stereocenters. The molecule has 164 valence electrons. The molecule has 3 aromatic rings. The standard InChI is InChI=1S/C21H19F3N2O4S/c1-13-9-17(14(2)26(13)20-25-7-8-31-20)18(27)11-30-19(28)16-5-3-15(4-6-16)10-29-12-21(22,23)24/h3-9H,10-12H2,1-2H3. The maximum absolute atomic E-state index is 12.6. The van der Waals surface area contributed by atoms with E-state index in [2.05, 4.69) is 9.72 Å². The number of ketones is 1. The summed E-state index contributed by atoms with van der Waals surface area (Å²) in [7, 11) is 0. The number of thiazole rings is 1. The van der Waals surface area contributed by atoms with Gasteiger partial charge in [0.2, 0.25) is 5.78 Å². The fraction of sp³-hybridized carbons (Fsp3) is 0.286. The van der Waals surface area contributed by atoms with Crippen LogP contribution in [-0.4, -0.2) is 40.7 Å². The second kappa shape index (κ2) is 9.44. The van der Waals surface area contributed by atoms with Crippen LogP contribution < -0.4 is 0 Å². The van der Waals surface area contributed by atoms with Crippen molar-refractivity contribution >= 4 is 23.1 Å². The second-order valence-corrected chi connectivity index (χ2v) is 7.61. The molecule has 31 heavy (non-hydrogen) atoms. The van der Waals surface area contributed by atoms with Gasteiger partial charge in [0, 0.05) is 28.5 Å². The number of Topliss-reactive ketones (excluding diaryl/α,β-unsaturated/α-hetero) is 1. The first-order valence-corrected chi connectivity index (χ1v) is 10.1. The van der Waals surface area contributed by atoms with Crippen molar-refractivity contribution in [3.63, 3.8) is 0 Å². The summed E-state index contributed by atoms with van der Waals surface area (Å²) >= 11 is 1.44. The fourth-order valence-electron chi connectivity index (χ4n) is 2.98. The predicted molar refractivity (Wildman–Crippen MR) is 108 cm³/mol. The number of carbonyl (C=O) groups excluding carboxylic acids is 2. The van der Waals surface area contributed by atoms with E-state index in [0.717, 1.165) is 10.8 Å². The number of halogens is 3. The Morgan fingerprint density at radius 3 is 2.48 bits per heavy atom. The Hall–Kier alpha value is -2.98. The van der Waals surface area contributed by atoms with Gasteiger partial charge < -0.3 is 9.47 Å². The summed E-state index contributed by atoms with van der Waals surface area (Å²) < 4.78 is 47.9. The van der Waals surface area contributed by atoms with Gasteiger partial charge in [-0.05, 0) is 37.6 Å². The van der Waals surface area contributed by atoms with Crippen LogP contribution in [0.4, 0.5) is 13.2 Å². The molecule has 0 saturated heterocycles. The minimum Gasteiger partial charge on any atom is -0.454 e. The van der Waals surface area contributed by atoms with E-state index < -0.39 is 25.4 Å². The van der Waals surface area contributed by atoms with Crippen molar-refractivity contribution in [1.82, 2.24) is 9.55 Å². The van der Waals surface area contributed by atoms with E-state index >= 15 is 0 Å². The molecular formula is C21H19F3N2O4S. The Morgan fingerprint density at radius 1 is 1.16 bits per heavy atom. The molecule has 0 amide bonds. The van der Waals surface area contributed by atoms with Gasteiger partial charge in [0.25, 0.3) is 0 Å². The molecule has 0 aliphatic rings. The number of rotatable bonds is 8. The third-order valence-corrected chi connectivity index (χ3v) is 5.16. The molecule has 0 N–H and O–H groups in total. The lowest BCUT2D eigenvalue weighted by atomic mass is 10.1. The summed E-state index contributed by atoms with van der Waals surface area (Å²) in [6, 6.07) is 7.48. The summed E-state index contributed by atoms with van der Waals surface area (Å²) in [5.74, 6) is -1.05. The van der Waals surface area contributed by atoms with Gasteiger partial charge in [-0.2, -0.15) is 13.2 Å². The van der Waals surface area contributed by atoms with Crippen LogP contribution in [0.15, 0.2) is 41.9 Å². The van der Waals surface area contributed by atoms with E-state index in [1.54, 1.807) is 19.2 Å². The molecule has 0 fully saturated rings. The largest absolute Gasteiger partial charge is 0.454 e. The number of aryl methyl sites for hydroxylation is 1. The van der Waals surface area contributed by atoms with Crippen LogP contribution in [0.25, 0.3) is 5.13 Å². The third-order valence-electron chi connectivity index (χ3n) is 4.40. The first kappa shape index (κ1) is 22.7. The lowest BCUT2D eigenvalue weighted by molar-refractivity contribution is -0.176. The zero-order chi connectivity index (χ0) is 22.6. The van der Waals surface area contributed by atoms with Crippen LogP contribution in [0.3, 0.4) is 0 Å². The molecule has 0 radical (unpaired) electrons.